The Morgan fingerprint density at radius 2 is 2.00 bits per heavy atom. The number of rotatable bonds is 5. The Kier molecular flexibility index (Phi) is 4.45. The van der Waals surface area contributed by atoms with Gasteiger partial charge in [-0.2, -0.15) is 0 Å². The first-order chi connectivity index (χ1) is 9.56. The van der Waals surface area contributed by atoms with Crippen molar-refractivity contribution < 1.29 is 9.52 Å². The zero-order valence-corrected chi connectivity index (χ0v) is 12.2. The van der Waals surface area contributed by atoms with E-state index in [1.165, 1.54) is 6.07 Å². The number of aromatic hydroxyl groups is 1. The van der Waals surface area contributed by atoms with E-state index in [4.69, 9.17) is 4.42 Å². The molecule has 1 aromatic carbocycles. The highest BCUT2D eigenvalue weighted by Gasteiger charge is 2.11. The van der Waals surface area contributed by atoms with Crippen LogP contribution in [-0.2, 0) is 6.54 Å². The molecule has 4 heteroatoms. The molecule has 0 saturated carbocycles. The van der Waals surface area contributed by atoms with Crippen LogP contribution in [-0.4, -0.2) is 11.1 Å². The maximum absolute atomic E-state index is 11.7. The average Bonchev–Trinajstić information content (AvgIpc) is 2.44. The monoisotopic (exact) mass is 275 g/mol. The summed E-state index contributed by atoms with van der Waals surface area (Å²) in [6.07, 6.45) is 2.10. The fourth-order valence-electron chi connectivity index (χ4n) is 2.39. The van der Waals surface area contributed by atoms with Crippen LogP contribution in [0.1, 0.15) is 37.8 Å². The first-order valence-electron chi connectivity index (χ1n) is 7.05. The number of hydrogen-bond donors (Lipinski definition) is 2. The highest BCUT2D eigenvalue weighted by molar-refractivity contribution is 5.84. The minimum atomic E-state index is -0.382. The summed E-state index contributed by atoms with van der Waals surface area (Å²) in [6, 6.07) is 5.40. The van der Waals surface area contributed by atoms with Crippen LogP contribution in [0.15, 0.2) is 27.4 Å². The molecule has 1 heterocycles. The molecule has 0 unspecified atom stereocenters. The SMILES string of the molecule is CCC(CC)NCc1cc(=O)oc2c(C)c(O)ccc12. The van der Waals surface area contributed by atoms with Crippen LogP contribution in [0.3, 0.4) is 0 Å². The van der Waals surface area contributed by atoms with Crippen LogP contribution in [0.4, 0.5) is 0 Å². The highest BCUT2D eigenvalue weighted by Crippen LogP contribution is 2.27. The summed E-state index contributed by atoms with van der Waals surface area (Å²) in [5.74, 6) is 0.144. The van der Waals surface area contributed by atoms with Crippen molar-refractivity contribution in [3.63, 3.8) is 0 Å². The molecule has 4 nitrogen and oxygen atoms in total. The van der Waals surface area contributed by atoms with Gasteiger partial charge < -0.3 is 14.8 Å². The fraction of sp³-hybridized carbons (Fsp3) is 0.438. The lowest BCUT2D eigenvalue weighted by Crippen LogP contribution is -2.27. The zero-order chi connectivity index (χ0) is 14.7. The van der Waals surface area contributed by atoms with Gasteiger partial charge in [0.1, 0.15) is 11.3 Å². The van der Waals surface area contributed by atoms with E-state index >= 15 is 0 Å². The van der Waals surface area contributed by atoms with Crippen LogP contribution in [0.25, 0.3) is 11.0 Å². The molecule has 2 N–H and O–H groups in total. The van der Waals surface area contributed by atoms with Crippen LogP contribution >= 0.6 is 0 Å². The standard InChI is InChI=1S/C16H21NO3/c1-4-12(5-2)17-9-11-8-15(19)20-16-10(3)14(18)7-6-13(11)16/h6-8,12,17-18H,4-5,9H2,1-3H3. The Labute approximate surface area is 118 Å². The van der Waals surface area contributed by atoms with Crippen molar-refractivity contribution in [2.45, 2.75) is 46.2 Å². The van der Waals surface area contributed by atoms with Gasteiger partial charge in [0.15, 0.2) is 0 Å². The molecule has 0 spiro atoms. The first kappa shape index (κ1) is 14.6. The molecular weight excluding hydrogens is 254 g/mol. The van der Waals surface area contributed by atoms with Crippen LogP contribution < -0.4 is 10.9 Å². The molecule has 20 heavy (non-hydrogen) atoms. The van der Waals surface area contributed by atoms with Crippen molar-refractivity contribution >= 4 is 11.0 Å². The lowest BCUT2D eigenvalue weighted by molar-refractivity contribution is 0.467. The number of hydrogen-bond acceptors (Lipinski definition) is 4. The molecule has 0 atom stereocenters. The largest absolute Gasteiger partial charge is 0.508 e. The molecule has 0 radical (unpaired) electrons. The van der Waals surface area contributed by atoms with Gasteiger partial charge in [0, 0.05) is 29.6 Å². The van der Waals surface area contributed by atoms with Gasteiger partial charge in [-0.05, 0) is 37.5 Å². The number of fused-ring (bicyclic) bond motifs is 1. The molecule has 0 saturated heterocycles. The second kappa shape index (κ2) is 6.09. The third-order valence-corrected chi connectivity index (χ3v) is 3.78. The summed E-state index contributed by atoms with van der Waals surface area (Å²) in [7, 11) is 0. The van der Waals surface area contributed by atoms with Gasteiger partial charge in [0.25, 0.3) is 0 Å². The van der Waals surface area contributed by atoms with E-state index in [1.54, 1.807) is 19.1 Å². The van der Waals surface area contributed by atoms with E-state index in [1.807, 2.05) is 0 Å². The number of benzene rings is 1. The lowest BCUT2D eigenvalue weighted by Gasteiger charge is -2.15. The summed E-state index contributed by atoms with van der Waals surface area (Å²) < 4.78 is 5.23. The maximum atomic E-state index is 11.7. The number of aryl methyl sites for hydroxylation is 1. The minimum absolute atomic E-state index is 0.144. The molecule has 0 amide bonds. The second-order valence-corrected chi connectivity index (χ2v) is 5.07. The predicted molar refractivity (Wildman–Crippen MR) is 80.1 cm³/mol. The van der Waals surface area contributed by atoms with E-state index in [0.29, 0.717) is 23.7 Å². The van der Waals surface area contributed by atoms with Gasteiger partial charge in [-0.25, -0.2) is 4.79 Å². The van der Waals surface area contributed by atoms with Crippen LogP contribution in [0, 0.1) is 6.92 Å². The molecule has 108 valence electrons. The van der Waals surface area contributed by atoms with Crippen molar-refractivity contribution in [2.75, 3.05) is 0 Å². The quantitative estimate of drug-likeness (QED) is 0.823. The number of phenolic OH excluding ortho intramolecular Hbond substituents is 1. The van der Waals surface area contributed by atoms with E-state index in [-0.39, 0.29) is 11.4 Å². The van der Waals surface area contributed by atoms with Crippen molar-refractivity contribution in [3.8, 4) is 5.75 Å². The van der Waals surface area contributed by atoms with Crippen molar-refractivity contribution in [3.05, 3.63) is 39.7 Å². The van der Waals surface area contributed by atoms with Gasteiger partial charge in [-0.3, -0.25) is 0 Å². The van der Waals surface area contributed by atoms with E-state index in [2.05, 4.69) is 19.2 Å². The van der Waals surface area contributed by atoms with E-state index in [0.717, 1.165) is 23.8 Å². The van der Waals surface area contributed by atoms with E-state index in [9.17, 15) is 9.90 Å². The predicted octanol–water partition coefficient (Wildman–Crippen LogP) is 3.09. The smallest absolute Gasteiger partial charge is 0.336 e. The Morgan fingerprint density at radius 1 is 1.30 bits per heavy atom. The Bertz CT molecular complexity index is 657. The Balaban J connectivity index is 2.43. The maximum Gasteiger partial charge on any atom is 0.336 e. The van der Waals surface area contributed by atoms with Gasteiger partial charge in [0.2, 0.25) is 0 Å². The number of nitrogens with one attached hydrogen (secondary N) is 1. The topological polar surface area (TPSA) is 62.5 Å². The molecular formula is C16H21NO3. The second-order valence-electron chi connectivity index (χ2n) is 5.07. The normalized spacial score (nSPS) is 11.4. The van der Waals surface area contributed by atoms with Gasteiger partial charge >= 0.3 is 5.63 Å². The van der Waals surface area contributed by atoms with Gasteiger partial charge in [0.05, 0.1) is 0 Å². The molecule has 0 aliphatic carbocycles. The summed E-state index contributed by atoms with van der Waals surface area (Å²) in [4.78, 5) is 11.7. The average molecular weight is 275 g/mol. The molecule has 0 aliphatic heterocycles. The molecule has 0 bridgehead atoms. The third-order valence-electron chi connectivity index (χ3n) is 3.78. The van der Waals surface area contributed by atoms with E-state index < -0.39 is 0 Å². The van der Waals surface area contributed by atoms with Crippen LogP contribution in [0.2, 0.25) is 0 Å². The van der Waals surface area contributed by atoms with Crippen molar-refractivity contribution in [1.29, 1.82) is 0 Å². The molecule has 2 rings (SSSR count). The van der Waals surface area contributed by atoms with Gasteiger partial charge in [-0.1, -0.05) is 13.8 Å². The lowest BCUT2D eigenvalue weighted by atomic mass is 10.1. The Hall–Kier alpha value is -1.81. The third kappa shape index (κ3) is 2.85. The summed E-state index contributed by atoms with van der Waals surface area (Å²) in [5, 5.41) is 14.0. The molecule has 0 aliphatic rings. The first-order valence-corrected chi connectivity index (χ1v) is 7.05. The van der Waals surface area contributed by atoms with Crippen molar-refractivity contribution in [1.82, 2.24) is 5.32 Å². The molecule has 0 fully saturated rings. The minimum Gasteiger partial charge on any atom is -0.508 e. The van der Waals surface area contributed by atoms with Gasteiger partial charge in [-0.15, -0.1) is 0 Å². The Morgan fingerprint density at radius 3 is 2.65 bits per heavy atom. The fourth-order valence-corrected chi connectivity index (χ4v) is 2.39. The highest BCUT2D eigenvalue weighted by atomic mass is 16.4. The van der Waals surface area contributed by atoms with Crippen molar-refractivity contribution in [2.24, 2.45) is 0 Å². The number of phenols is 1. The molecule has 2 aromatic rings. The zero-order valence-electron chi connectivity index (χ0n) is 12.2. The summed E-state index contributed by atoms with van der Waals surface area (Å²) in [6.45, 7) is 6.65. The molecule has 1 aromatic heterocycles. The summed E-state index contributed by atoms with van der Waals surface area (Å²) >= 11 is 0. The van der Waals surface area contributed by atoms with Crippen LogP contribution in [0.5, 0.6) is 5.75 Å². The summed E-state index contributed by atoms with van der Waals surface area (Å²) in [5.41, 5.74) is 1.60.